The van der Waals surface area contributed by atoms with Crippen molar-refractivity contribution < 1.29 is 19.4 Å². The third-order valence-electron chi connectivity index (χ3n) is 4.93. The number of hydrogen-bond donors (Lipinski definition) is 3. The summed E-state index contributed by atoms with van der Waals surface area (Å²) in [6.45, 7) is 0. The van der Waals surface area contributed by atoms with Crippen molar-refractivity contribution in [3.05, 3.63) is 108 Å². The Balaban J connectivity index is 1.56. The number of phenols is 1. The van der Waals surface area contributed by atoms with Gasteiger partial charge in [0.1, 0.15) is 5.75 Å². The van der Waals surface area contributed by atoms with E-state index in [4.69, 9.17) is 9.47 Å². The van der Waals surface area contributed by atoms with Crippen molar-refractivity contribution in [1.29, 1.82) is 0 Å². The number of aromatic nitrogens is 2. The molecule has 3 N–H and O–H groups in total. The average Bonchev–Trinajstić information content (AvgIpc) is 3.37. The van der Waals surface area contributed by atoms with Crippen LogP contribution >= 0.6 is 0 Å². The number of carbonyl (C=O) groups is 1. The minimum Gasteiger partial charge on any atom is -0.504 e. The largest absolute Gasteiger partial charge is 0.504 e. The lowest BCUT2D eigenvalue weighted by molar-refractivity contribution is -0.111. The number of nitrogens with one attached hydrogen (secondary N) is 2. The number of ether oxygens (including phenoxy) is 2. The van der Waals surface area contributed by atoms with E-state index in [1.807, 2.05) is 54.6 Å². The number of nitrogens with zero attached hydrogens (tertiary/aromatic N) is 1. The number of hydrogen-bond acceptors (Lipinski definition) is 5. The van der Waals surface area contributed by atoms with Gasteiger partial charge in [0, 0.05) is 17.3 Å². The number of aromatic amines is 1. The Morgan fingerprint density at radius 3 is 2.61 bits per heavy atom. The van der Waals surface area contributed by atoms with Gasteiger partial charge in [0.25, 0.3) is 0 Å². The Morgan fingerprint density at radius 2 is 1.88 bits per heavy atom. The zero-order valence-corrected chi connectivity index (χ0v) is 17.9. The highest BCUT2D eigenvalue weighted by Gasteiger charge is 2.21. The van der Waals surface area contributed by atoms with Crippen LogP contribution < -0.4 is 14.8 Å². The monoisotopic (exact) mass is 441 g/mol. The van der Waals surface area contributed by atoms with Crippen molar-refractivity contribution in [2.75, 3.05) is 12.4 Å². The van der Waals surface area contributed by atoms with E-state index in [9.17, 15) is 9.90 Å². The molecule has 3 aromatic carbocycles. The first-order valence-corrected chi connectivity index (χ1v) is 10.3. The van der Waals surface area contributed by atoms with Gasteiger partial charge in [-0.25, -0.2) is 4.98 Å². The van der Waals surface area contributed by atoms with Crippen molar-refractivity contribution in [3.8, 4) is 17.2 Å². The van der Waals surface area contributed by atoms with Crippen LogP contribution in [-0.2, 0) is 4.79 Å². The van der Waals surface area contributed by atoms with Gasteiger partial charge in [0.2, 0.25) is 5.91 Å². The summed E-state index contributed by atoms with van der Waals surface area (Å²) in [5.74, 6) is 0.748. The second kappa shape index (κ2) is 10.2. The number of H-pyrrole nitrogens is 1. The molecule has 0 bridgehead atoms. The fraction of sp³-hybridized carbons (Fsp3) is 0.0769. The molecule has 1 unspecified atom stereocenters. The van der Waals surface area contributed by atoms with Crippen molar-refractivity contribution in [1.82, 2.24) is 9.97 Å². The summed E-state index contributed by atoms with van der Waals surface area (Å²) in [5, 5.41) is 12.8. The van der Waals surface area contributed by atoms with Crippen LogP contribution in [0.2, 0.25) is 0 Å². The van der Waals surface area contributed by atoms with E-state index in [2.05, 4.69) is 15.3 Å². The molecule has 0 spiro atoms. The number of imidazole rings is 1. The van der Waals surface area contributed by atoms with Crippen LogP contribution in [0.3, 0.4) is 0 Å². The zero-order chi connectivity index (χ0) is 23.0. The van der Waals surface area contributed by atoms with Crippen LogP contribution in [0.1, 0.15) is 22.9 Å². The fourth-order valence-electron chi connectivity index (χ4n) is 3.34. The highest BCUT2D eigenvalue weighted by atomic mass is 16.5. The van der Waals surface area contributed by atoms with Gasteiger partial charge < -0.3 is 24.9 Å². The first-order valence-electron chi connectivity index (χ1n) is 10.3. The molecule has 0 fully saturated rings. The van der Waals surface area contributed by atoms with Crippen LogP contribution in [0.4, 0.5) is 5.69 Å². The quantitative estimate of drug-likeness (QED) is 0.337. The Hall–Kier alpha value is -4.52. The molecule has 1 aromatic heterocycles. The van der Waals surface area contributed by atoms with Crippen LogP contribution in [0, 0.1) is 0 Å². The average molecular weight is 441 g/mol. The predicted molar refractivity (Wildman–Crippen MR) is 126 cm³/mol. The fourth-order valence-corrected chi connectivity index (χ4v) is 3.34. The lowest BCUT2D eigenvalue weighted by Gasteiger charge is -2.21. The highest BCUT2D eigenvalue weighted by molar-refractivity contribution is 6.02. The van der Waals surface area contributed by atoms with E-state index < -0.39 is 6.10 Å². The van der Waals surface area contributed by atoms with Crippen LogP contribution in [0.5, 0.6) is 17.2 Å². The van der Waals surface area contributed by atoms with Gasteiger partial charge in [0.05, 0.1) is 25.3 Å². The maximum Gasteiger partial charge on any atom is 0.248 e. The summed E-state index contributed by atoms with van der Waals surface area (Å²) in [7, 11) is 1.48. The summed E-state index contributed by atoms with van der Waals surface area (Å²) in [4.78, 5) is 19.9. The normalized spacial score (nSPS) is 11.8. The lowest BCUT2D eigenvalue weighted by atomic mass is 10.0. The molecular weight excluding hydrogens is 418 g/mol. The van der Waals surface area contributed by atoms with E-state index in [0.29, 0.717) is 22.7 Å². The molecular formula is C26H23N3O4. The van der Waals surface area contributed by atoms with Gasteiger partial charge in [-0.15, -0.1) is 0 Å². The summed E-state index contributed by atoms with van der Waals surface area (Å²) >= 11 is 0. The number of aromatic hydroxyl groups is 1. The molecule has 0 saturated carbocycles. The van der Waals surface area contributed by atoms with E-state index in [1.165, 1.54) is 19.3 Å². The van der Waals surface area contributed by atoms with Gasteiger partial charge in [0.15, 0.2) is 17.6 Å². The Labute approximate surface area is 191 Å². The number of para-hydroxylation sites is 2. The molecule has 0 aliphatic heterocycles. The minimum atomic E-state index is -0.506. The first kappa shape index (κ1) is 21.7. The summed E-state index contributed by atoms with van der Waals surface area (Å²) in [5.41, 5.74) is 2.80. The van der Waals surface area contributed by atoms with Gasteiger partial charge in [-0.2, -0.15) is 0 Å². The van der Waals surface area contributed by atoms with Gasteiger partial charge in [-0.3, -0.25) is 4.79 Å². The van der Waals surface area contributed by atoms with Crippen molar-refractivity contribution in [2.24, 2.45) is 0 Å². The molecule has 166 valence electrons. The van der Waals surface area contributed by atoms with Gasteiger partial charge in [-0.05, 0) is 42.0 Å². The number of methoxy groups -OCH3 is 1. The zero-order valence-electron chi connectivity index (χ0n) is 17.9. The van der Waals surface area contributed by atoms with Crippen LogP contribution in [0.15, 0.2) is 91.4 Å². The topological polar surface area (TPSA) is 96.5 Å². The van der Waals surface area contributed by atoms with E-state index in [0.717, 1.165) is 11.3 Å². The number of carbonyl (C=O) groups excluding carboxylic acids is 1. The predicted octanol–water partition coefficient (Wildman–Crippen LogP) is 4.94. The summed E-state index contributed by atoms with van der Waals surface area (Å²) in [6, 6.07) is 21.8. The summed E-state index contributed by atoms with van der Waals surface area (Å²) in [6.07, 6.45) is 5.80. The second-order valence-electron chi connectivity index (χ2n) is 7.16. The Bertz CT molecular complexity index is 1240. The molecule has 1 atom stereocenters. The summed E-state index contributed by atoms with van der Waals surface area (Å²) < 4.78 is 11.3. The third kappa shape index (κ3) is 5.40. The molecule has 0 saturated heterocycles. The molecule has 4 aromatic rings. The minimum absolute atomic E-state index is 0.00543. The molecule has 4 rings (SSSR count). The Morgan fingerprint density at radius 1 is 1.09 bits per heavy atom. The van der Waals surface area contributed by atoms with Crippen molar-refractivity contribution in [3.63, 3.8) is 0 Å². The molecule has 7 nitrogen and oxygen atoms in total. The number of benzene rings is 3. The maximum atomic E-state index is 12.7. The molecule has 0 aliphatic rings. The highest BCUT2D eigenvalue weighted by Crippen LogP contribution is 2.32. The Kier molecular flexibility index (Phi) is 6.70. The van der Waals surface area contributed by atoms with Crippen LogP contribution in [0.25, 0.3) is 6.08 Å². The third-order valence-corrected chi connectivity index (χ3v) is 4.93. The number of anilines is 1. The maximum absolute atomic E-state index is 12.7. The van der Waals surface area contributed by atoms with E-state index in [1.54, 1.807) is 30.7 Å². The van der Waals surface area contributed by atoms with E-state index in [-0.39, 0.29) is 11.7 Å². The van der Waals surface area contributed by atoms with Crippen LogP contribution in [-0.4, -0.2) is 28.1 Å². The standard InChI is InChI=1S/C26H23N3O4/c1-32-24-13-11-18(15-23(24)30)12-14-25(31)29-21-10-6-5-9-20(21)26(22-16-27-17-28-22)33-19-7-3-2-4-8-19/h2-17,26,30H,1H3,(H,27,28)(H,29,31)/b14-12+. The van der Waals surface area contributed by atoms with Crippen molar-refractivity contribution >= 4 is 17.7 Å². The van der Waals surface area contributed by atoms with Gasteiger partial charge >= 0.3 is 0 Å². The van der Waals surface area contributed by atoms with Gasteiger partial charge in [-0.1, -0.05) is 42.5 Å². The smallest absolute Gasteiger partial charge is 0.248 e. The SMILES string of the molecule is COc1ccc(/C=C/C(=O)Nc2ccccc2C(Oc2ccccc2)c2cnc[nH]2)cc1O. The number of amides is 1. The number of rotatable bonds is 8. The molecule has 7 heteroatoms. The molecule has 0 radical (unpaired) electrons. The molecule has 33 heavy (non-hydrogen) atoms. The molecule has 1 amide bonds. The first-order chi connectivity index (χ1) is 16.1. The second-order valence-corrected chi connectivity index (χ2v) is 7.16. The van der Waals surface area contributed by atoms with E-state index >= 15 is 0 Å². The van der Waals surface area contributed by atoms with Crippen molar-refractivity contribution in [2.45, 2.75) is 6.10 Å². The molecule has 0 aliphatic carbocycles. The lowest BCUT2D eigenvalue weighted by Crippen LogP contribution is -2.15. The number of phenolic OH excluding ortho intramolecular Hbond substituents is 1. The molecule has 1 heterocycles.